The molecule has 0 atom stereocenters. The van der Waals surface area contributed by atoms with Crippen molar-refractivity contribution in [3.63, 3.8) is 0 Å². The summed E-state index contributed by atoms with van der Waals surface area (Å²) in [5.41, 5.74) is 2.84. The second-order valence-corrected chi connectivity index (χ2v) is 9.36. The van der Waals surface area contributed by atoms with Gasteiger partial charge in [0.05, 0.1) is 11.3 Å². The zero-order valence-corrected chi connectivity index (χ0v) is 17.0. The Bertz CT molecular complexity index is 1100. The zero-order valence-electron chi connectivity index (χ0n) is 16.2. The summed E-state index contributed by atoms with van der Waals surface area (Å²) in [6.07, 6.45) is 5.08. The number of amides is 1. The maximum absolute atomic E-state index is 12.7. The fraction of sp³-hybridized carbons (Fsp3) is 0.318. The minimum Gasteiger partial charge on any atom is -0.361 e. The molecule has 152 valence electrons. The number of H-pyrrole nitrogens is 1. The number of rotatable bonds is 6. The first-order valence-electron chi connectivity index (χ1n) is 9.95. The molecule has 0 saturated carbocycles. The van der Waals surface area contributed by atoms with Crippen molar-refractivity contribution in [1.82, 2.24) is 14.6 Å². The molecular formula is C22H25N3O3S. The molecule has 7 heteroatoms. The second-order valence-electron chi connectivity index (χ2n) is 7.42. The number of para-hydroxylation sites is 1. The average Bonchev–Trinajstić information content (AvgIpc) is 3.16. The van der Waals surface area contributed by atoms with Crippen molar-refractivity contribution in [1.29, 1.82) is 0 Å². The van der Waals surface area contributed by atoms with Crippen molar-refractivity contribution in [2.75, 3.05) is 13.1 Å². The monoisotopic (exact) mass is 411 g/mol. The highest BCUT2D eigenvalue weighted by Crippen LogP contribution is 2.21. The molecule has 29 heavy (non-hydrogen) atoms. The van der Waals surface area contributed by atoms with E-state index in [1.54, 1.807) is 28.6 Å². The van der Waals surface area contributed by atoms with E-state index in [9.17, 15) is 13.2 Å². The molecule has 0 spiro atoms. The van der Waals surface area contributed by atoms with Crippen LogP contribution >= 0.6 is 0 Å². The summed E-state index contributed by atoms with van der Waals surface area (Å²) in [6.45, 7) is 1.55. The van der Waals surface area contributed by atoms with Gasteiger partial charge >= 0.3 is 0 Å². The molecule has 1 amide bonds. The van der Waals surface area contributed by atoms with Crippen molar-refractivity contribution in [2.45, 2.75) is 37.1 Å². The van der Waals surface area contributed by atoms with E-state index >= 15 is 0 Å². The van der Waals surface area contributed by atoms with Crippen molar-refractivity contribution in [3.05, 3.63) is 65.9 Å². The van der Waals surface area contributed by atoms with Gasteiger partial charge in [0.2, 0.25) is 15.9 Å². The first-order chi connectivity index (χ1) is 14.0. The Labute approximate surface area is 171 Å². The summed E-state index contributed by atoms with van der Waals surface area (Å²) >= 11 is 0. The molecule has 0 unspecified atom stereocenters. The normalized spacial score (nSPS) is 15.4. The lowest BCUT2D eigenvalue weighted by Crippen LogP contribution is -2.35. The van der Waals surface area contributed by atoms with Crippen LogP contribution in [0.25, 0.3) is 10.9 Å². The number of carbonyl (C=O) groups excluding carboxylic acids is 1. The molecule has 1 fully saturated rings. The van der Waals surface area contributed by atoms with Crippen LogP contribution in [0.5, 0.6) is 0 Å². The lowest BCUT2D eigenvalue weighted by atomic mass is 10.1. The summed E-state index contributed by atoms with van der Waals surface area (Å²) in [6, 6.07) is 14.7. The molecule has 0 aliphatic carbocycles. The largest absolute Gasteiger partial charge is 0.361 e. The molecule has 1 saturated heterocycles. The lowest BCUT2D eigenvalue weighted by Gasteiger charge is -2.25. The van der Waals surface area contributed by atoms with Crippen molar-refractivity contribution >= 4 is 26.8 Å². The van der Waals surface area contributed by atoms with Crippen molar-refractivity contribution in [3.8, 4) is 0 Å². The number of sulfonamides is 1. The van der Waals surface area contributed by atoms with E-state index in [4.69, 9.17) is 0 Å². The quantitative estimate of drug-likeness (QED) is 0.653. The van der Waals surface area contributed by atoms with Gasteiger partial charge in [-0.25, -0.2) is 8.42 Å². The zero-order chi connectivity index (χ0) is 20.3. The van der Waals surface area contributed by atoms with Crippen LogP contribution in [0.4, 0.5) is 0 Å². The first-order valence-corrected chi connectivity index (χ1v) is 11.4. The van der Waals surface area contributed by atoms with Crippen LogP contribution in [0.3, 0.4) is 0 Å². The van der Waals surface area contributed by atoms with E-state index in [-0.39, 0.29) is 5.91 Å². The fourth-order valence-corrected chi connectivity index (χ4v) is 5.26. The van der Waals surface area contributed by atoms with Gasteiger partial charge in [0.15, 0.2) is 0 Å². The van der Waals surface area contributed by atoms with Crippen LogP contribution in [0, 0.1) is 0 Å². The molecule has 4 rings (SSSR count). The van der Waals surface area contributed by atoms with Crippen molar-refractivity contribution < 1.29 is 13.2 Å². The molecule has 2 N–H and O–H groups in total. The number of nitrogens with one attached hydrogen (secondary N) is 2. The summed E-state index contributed by atoms with van der Waals surface area (Å²) in [4.78, 5) is 15.8. The van der Waals surface area contributed by atoms with Crippen LogP contribution in [0.1, 0.15) is 30.4 Å². The van der Waals surface area contributed by atoms with Gasteiger partial charge in [-0.05, 0) is 42.2 Å². The number of piperidine rings is 1. The molecule has 6 nitrogen and oxygen atoms in total. The number of aromatic amines is 1. The Morgan fingerprint density at radius 3 is 2.48 bits per heavy atom. The highest BCUT2D eigenvalue weighted by atomic mass is 32.2. The summed E-state index contributed by atoms with van der Waals surface area (Å²) in [7, 11) is -3.42. The average molecular weight is 412 g/mol. The van der Waals surface area contributed by atoms with E-state index in [1.165, 1.54) is 0 Å². The third kappa shape index (κ3) is 4.36. The molecule has 3 aromatic rings. The molecular weight excluding hydrogens is 386 g/mol. The minimum absolute atomic E-state index is 0.0697. The van der Waals surface area contributed by atoms with Crippen LogP contribution in [0.15, 0.2) is 59.6 Å². The third-order valence-corrected chi connectivity index (χ3v) is 7.30. The van der Waals surface area contributed by atoms with Gasteiger partial charge in [0.25, 0.3) is 0 Å². The number of benzene rings is 2. The van der Waals surface area contributed by atoms with Gasteiger partial charge in [-0.1, -0.05) is 36.8 Å². The van der Waals surface area contributed by atoms with Gasteiger partial charge in [-0.2, -0.15) is 4.31 Å². The van der Waals surface area contributed by atoms with E-state index in [0.717, 1.165) is 41.3 Å². The summed E-state index contributed by atoms with van der Waals surface area (Å²) in [5.74, 6) is -0.0697. The standard InChI is InChI=1S/C22H25N3O3S/c26-22(14-18-16-23-21-7-3-2-6-20(18)21)24-15-17-8-10-19(11-9-17)29(27,28)25-12-4-1-5-13-25/h2-3,6-11,16,23H,1,4-5,12-15H2,(H,24,26). The maximum atomic E-state index is 12.7. The van der Waals surface area contributed by atoms with E-state index in [1.807, 2.05) is 30.5 Å². The number of fused-ring (bicyclic) bond motifs is 1. The highest BCUT2D eigenvalue weighted by Gasteiger charge is 2.25. The molecule has 0 radical (unpaired) electrons. The van der Waals surface area contributed by atoms with E-state index < -0.39 is 10.0 Å². The molecule has 0 bridgehead atoms. The Morgan fingerprint density at radius 2 is 1.72 bits per heavy atom. The second kappa shape index (κ2) is 8.39. The predicted molar refractivity (Wildman–Crippen MR) is 113 cm³/mol. The number of hydrogen-bond donors (Lipinski definition) is 2. The van der Waals surface area contributed by atoms with Crippen LogP contribution in [-0.4, -0.2) is 36.7 Å². The van der Waals surface area contributed by atoms with Crippen LogP contribution < -0.4 is 5.32 Å². The lowest BCUT2D eigenvalue weighted by molar-refractivity contribution is -0.120. The molecule has 1 aliphatic heterocycles. The van der Waals surface area contributed by atoms with E-state index in [2.05, 4.69) is 10.3 Å². The van der Waals surface area contributed by atoms with Crippen molar-refractivity contribution in [2.24, 2.45) is 0 Å². The Kier molecular flexibility index (Phi) is 5.69. The topological polar surface area (TPSA) is 82.3 Å². The Morgan fingerprint density at radius 1 is 1.00 bits per heavy atom. The molecule has 2 heterocycles. The van der Waals surface area contributed by atoms with E-state index in [0.29, 0.717) is 31.0 Å². The molecule has 2 aromatic carbocycles. The summed E-state index contributed by atoms with van der Waals surface area (Å²) < 4.78 is 27.0. The van der Waals surface area contributed by atoms with Gasteiger partial charge in [0.1, 0.15) is 0 Å². The highest BCUT2D eigenvalue weighted by molar-refractivity contribution is 7.89. The molecule has 1 aromatic heterocycles. The summed E-state index contributed by atoms with van der Waals surface area (Å²) in [5, 5.41) is 3.96. The SMILES string of the molecule is O=C(Cc1c[nH]c2ccccc12)NCc1ccc(S(=O)(=O)N2CCCCC2)cc1. The number of hydrogen-bond acceptors (Lipinski definition) is 3. The van der Waals surface area contributed by atoms with Crippen LogP contribution in [0.2, 0.25) is 0 Å². The first kappa shape index (κ1) is 19.7. The van der Waals surface area contributed by atoms with Gasteiger partial charge < -0.3 is 10.3 Å². The number of aromatic nitrogens is 1. The minimum atomic E-state index is -3.42. The smallest absolute Gasteiger partial charge is 0.243 e. The third-order valence-electron chi connectivity index (χ3n) is 5.39. The number of nitrogens with zero attached hydrogens (tertiary/aromatic N) is 1. The van der Waals surface area contributed by atoms with Gasteiger partial charge in [-0.15, -0.1) is 0 Å². The maximum Gasteiger partial charge on any atom is 0.243 e. The fourth-order valence-electron chi connectivity index (χ4n) is 3.75. The Hall–Kier alpha value is -2.64. The van der Waals surface area contributed by atoms with Gasteiger partial charge in [0, 0.05) is 36.7 Å². The van der Waals surface area contributed by atoms with Gasteiger partial charge in [-0.3, -0.25) is 4.79 Å². The number of carbonyl (C=O) groups is 1. The van der Waals surface area contributed by atoms with Crippen LogP contribution in [-0.2, 0) is 27.8 Å². The Balaban J connectivity index is 1.36. The molecule has 1 aliphatic rings. The predicted octanol–water partition coefficient (Wildman–Crippen LogP) is 3.20.